The highest BCUT2D eigenvalue weighted by Crippen LogP contribution is 2.33. The lowest BCUT2D eigenvalue weighted by Crippen LogP contribution is -2.38. The van der Waals surface area contributed by atoms with E-state index in [2.05, 4.69) is 29.2 Å². The van der Waals surface area contributed by atoms with Gasteiger partial charge in [-0.15, -0.1) is 11.3 Å². The Morgan fingerprint density at radius 3 is 2.71 bits per heavy atom. The van der Waals surface area contributed by atoms with Crippen molar-refractivity contribution in [2.24, 2.45) is 0 Å². The van der Waals surface area contributed by atoms with E-state index in [0.29, 0.717) is 6.61 Å². The Hall–Kier alpha value is -2.59. The van der Waals surface area contributed by atoms with Crippen LogP contribution >= 0.6 is 11.3 Å². The smallest absolute Gasteiger partial charge is 0.264 e. The second-order valence-electron chi connectivity index (χ2n) is 7.29. The first-order valence-corrected chi connectivity index (χ1v) is 10.7. The molecular formula is C24H25NO2S. The number of carbonyl (C=O) groups excluding carboxylic acids is 1. The van der Waals surface area contributed by atoms with Crippen molar-refractivity contribution in [1.29, 1.82) is 0 Å². The molecular weight excluding hydrogens is 366 g/mol. The Bertz CT molecular complexity index is 935. The number of piperidine rings is 1. The lowest BCUT2D eigenvalue weighted by molar-refractivity contribution is 0.0616. The first-order chi connectivity index (χ1) is 13.7. The third-order valence-electron chi connectivity index (χ3n) is 5.30. The minimum atomic E-state index is 0.140. The summed E-state index contributed by atoms with van der Waals surface area (Å²) in [6.07, 6.45) is 3.28. The van der Waals surface area contributed by atoms with Crippen LogP contribution in [0.3, 0.4) is 0 Å². The van der Waals surface area contributed by atoms with Gasteiger partial charge < -0.3 is 9.64 Å². The number of thiophene rings is 1. The number of hydrogen-bond donors (Lipinski definition) is 0. The molecule has 0 bridgehead atoms. The molecule has 0 radical (unpaired) electrons. The fraction of sp³-hybridized carbons (Fsp3) is 0.292. The molecule has 1 aliphatic heterocycles. The Morgan fingerprint density at radius 1 is 1.11 bits per heavy atom. The van der Waals surface area contributed by atoms with Crippen molar-refractivity contribution in [2.45, 2.75) is 38.8 Å². The average Bonchev–Trinajstić information content (AvgIpc) is 3.22. The topological polar surface area (TPSA) is 29.5 Å². The van der Waals surface area contributed by atoms with Crippen LogP contribution in [0.2, 0.25) is 0 Å². The summed E-state index contributed by atoms with van der Waals surface area (Å²) in [6, 6.07) is 20.6. The summed E-state index contributed by atoms with van der Waals surface area (Å²) >= 11 is 1.52. The summed E-state index contributed by atoms with van der Waals surface area (Å²) in [4.78, 5) is 16.1. The highest BCUT2D eigenvalue weighted by molar-refractivity contribution is 7.12. The molecule has 1 saturated heterocycles. The van der Waals surface area contributed by atoms with Crippen LogP contribution < -0.4 is 4.74 Å². The molecule has 0 aliphatic carbocycles. The van der Waals surface area contributed by atoms with Gasteiger partial charge in [0, 0.05) is 12.1 Å². The maximum atomic E-state index is 13.2. The zero-order valence-corrected chi connectivity index (χ0v) is 17.0. The molecule has 1 aliphatic rings. The Kier molecular flexibility index (Phi) is 5.77. The molecule has 28 heavy (non-hydrogen) atoms. The quantitative estimate of drug-likeness (QED) is 0.533. The van der Waals surface area contributed by atoms with Crippen LogP contribution in [0.1, 0.15) is 51.7 Å². The van der Waals surface area contributed by atoms with Crippen molar-refractivity contribution in [1.82, 2.24) is 4.90 Å². The summed E-state index contributed by atoms with van der Waals surface area (Å²) in [6.45, 7) is 3.35. The number of amides is 1. The van der Waals surface area contributed by atoms with E-state index < -0.39 is 0 Å². The molecule has 2 aromatic carbocycles. The van der Waals surface area contributed by atoms with E-state index in [0.717, 1.165) is 41.1 Å². The summed E-state index contributed by atoms with van der Waals surface area (Å²) in [5.74, 6) is 1.03. The van der Waals surface area contributed by atoms with Gasteiger partial charge in [0.15, 0.2) is 0 Å². The van der Waals surface area contributed by atoms with Gasteiger partial charge in [-0.2, -0.15) is 0 Å². The van der Waals surface area contributed by atoms with E-state index in [9.17, 15) is 4.79 Å². The molecule has 1 unspecified atom stereocenters. The van der Waals surface area contributed by atoms with Gasteiger partial charge in [-0.1, -0.05) is 48.5 Å². The number of para-hydroxylation sites is 1. The number of nitrogens with zero attached hydrogens (tertiary/aromatic N) is 1. The number of rotatable bonds is 5. The lowest BCUT2D eigenvalue weighted by Gasteiger charge is -2.36. The van der Waals surface area contributed by atoms with E-state index in [1.165, 1.54) is 23.3 Å². The lowest BCUT2D eigenvalue weighted by atomic mass is 9.95. The van der Waals surface area contributed by atoms with Crippen molar-refractivity contribution in [3.8, 4) is 5.75 Å². The molecule has 1 fully saturated rings. The molecule has 4 rings (SSSR count). The maximum Gasteiger partial charge on any atom is 0.264 e. The number of hydrogen-bond acceptors (Lipinski definition) is 3. The second-order valence-corrected chi connectivity index (χ2v) is 8.21. The van der Waals surface area contributed by atoms with Gasteiger partial charge in [0.2, 0.25) is 0 Å². The summed E-state index contributed by atoms with van der Waals surface area (Å²) in [5, 5.41) is 2.03. The van der Waals surface area contributed by atoms with Crippen molar-refractivity contribution < 1.29 is 9.53 Å². The predicted molar refractivity (Wildman–Crippen MR) is 114 cm³/mol. The molecule has 144 valence electrons. The van der Waals surface area contributed by atoms with Gasteiger partial charge >= 0.3 is 0 Å². The Labute approximate surface area is 170 Å². The van der Waals surface area contributed by atoms with Crippen molar-refractivity contribution in [3.05, 3.63) is 87.6 Å². The molecule has 4 heteroatoms. The fourth-order valence-corrected chi connectivity index (χ4v) is 4.63. The zero-order chi connectivity index (χ0) is 19.3. The average molecular weight is 392 g/mol. The van der Waals surface area contributed by atoms with Crippen LogP contribution in [-0.4, -0.2) is 17.4 Å². The summed E-state index contributed by atoms with van der Waals surface area (Å²) < 4.78 is 5.93. The summed E-state index contributed by atoms with van der Waals surface area (Å²) in [5.41, 5.74) is 3.40. The maximum absolute atomic E-state index is 13.2. The zero-order valence-electron chi connectivity index (χ0n) is 16.1. The van der Waals surface area contributed by atoms with Crippen LogP contribution in [0.25, 0.3) is 0 Å². The number of ether oxygens (including phenoxy) is 1. The SMILES string of the molecule is Cc1ccccc1OCc1csc(C(=O)N2CCCCC2c2ccccc2)c1. The highest BCUT2D eigenvalue weighted by atomic mass is 32.1. The normalized spacial score (nSPS) is 16.8. The van der Waals surface area contributed by atoms with Crippen LogP contribution in [0, 0.1) is 6.92 Å². The third-order valence-corrected chi connectivity index (χ3v) is 6.27. The van der Waals surface area contributed by atoms with Crippen LogP contribution in [0.5, 0.6) is 5.75 Å². The molecule has 2 heterocycles. The van der Waals surface area contributed by atoms with Crippen LogP contribution in [-0.2, 0) is 6.61 Å². The fourth-order valence-electron chi connectivity index (χ4n) is 3.78. The largest absolute Gasteiger partial charge is 0.489 e. The first-order valence-electron chi connectivity index (χ1n) is 9.84. The predicted octanol–water partition coefficient (Wildman–Crippen LogP) is 6.00. The number of benzene rings is 2. The van der Waals surface area contributed by atoms with Crippen molar-refractivity contribution in [3.63, 3.8) is 0 Å². The molecule has 0 spiro atoms. The minimum absolute atomic E-state index is 0.140. The van der Waals surface area contributed by atoms with Gasteiger partial charge in [-0.25, -0.2) is 0 Å². The van der Waals surface area contributed by atoms with Gasteiger partial charge in [-0.3, -0.25) is 4.79 Å². The summed E-state index contributed by atoms with van der Waals surface area (Å²) in [7, 11) is 0. The Morgan fingerprint density at radius 2 is 1.89 bits per heavy atom. The number of likely N-dealkylation sites (tertiary alicyclic amines) is 1. The van der Waals surface area contributed by atoms with Gasteiger partial charge in [0.25, 0.3) is 5.91 Å². The standard InChI is InChI=1S/C24H25NO2S/c1-18-9-5-6-13-22(18)27-16-19-15-23(28-17-19)24(26)25-14-8-7-12-21(25)20-10-3-2-4-11-20/h2-6,9-11,13,15,17,21H,7-8,12,14,16H2,1H3. The van der Waals surface area contributed by atoms with Gasteiger partial charge in [0.1, 0.15) is 12.4 Å². The van der Waals surface area contributed by atoms with E-state index in [-0.39, 0.29) is 11.9 Å². The third kappa shape index (κ3) is 4.12. The van der Waals surface area contributed by atoms with E-state index in [1.807, 2.05) is 48.7 Å². The molecule has 3 aromatic rings. The highest BCUT2D eigenvalue weighted by Gasteiger charge is 2.29. The molecule has 3 nitrogen and oxygen atoms in total. The van der Waals surface area contributed by atoms with E-state index in [1.54, 1.807) is 0 Å². The molecule has 0 N–H and O–H groups in total. The second kappa shape index (κ2) is 8.61. The van der Waals surface area contributed by atoms with Crippen LogP contribution in [0.15, 0.2) is 66.0 Å². The van der Waals surface area contributed by atoms with E-state index >= 15 is 0 Å². The molecule has 1 atom stereocenters. The van der Waals surface area contributed by atoms with Gasteiger partial charge in [-0.05, 0) is 54.8 Å². The minimum Gasteiger partial charge on any atom is -0.489 e. The van der Waals surface area contributed by atoms with E-state index in [4.69, 9.17) is 4.74 Å². The van der Waals surface area contributed by atoms with Crippen LogP contribution in [0.4, 0.5) is 0 Å². The monoisotopic (exact) mass is 391 g/mol. The van der Waals surface area contributed by atoms with Crippen molar-refractivity contribution >= 4 is 17.2 Å². The Balaban J connectivity index is 1.46. The number of aryl methyl sites for hydroxylation is 1. The molecule has 1 amide bonds. The molecule has 1 aromatic heterocycles. The first kappa shape index (κ1) is 18.8. The molecule has 0 saturated carbocycles. The van der Waals surface area contributed by atoms with Crippen molar-refractivity contribution in [2.75, 3.05) is 6.54 Å². The number of carbonyl (C=O) groups is 1. The van der Waals surface area contributed by atoms with Gasteiger partial charge in [0.05, 0.1) is 10.9 Å².